The molecule has 2 unspecified atom stereocenters. The second-order valence-corrected chi connectivity index (χ2v) is 5.48. The number of hydrogen-bond donors (Lipinski definition) is 4. The van der Waals surface area contributed by atoms with Gasteiger partial charge in [0, 0.05) is 12.5 Å². The maximum atomic E-state index is 10.2. The number of benzene rings is 2. The summed E-state index contributed by atoms with van der Waals surface area (Å²) in [6, 6.07) is 16.6. The molecular weight excluding hydrogens is 336 g/mol. The van der Waals surface area contributed by atoms with E-state index in [1.54, 1.807) is 60.7 Å². The molecule has 0 heterocycles. The lowest BCUT2D eigenvalue weighted by Crippen LogP contribution is -2.19. The van der Waals surface area contributed by atoms with Crippen LogP contribution in [0, 0.1) is 5.92 Å². The summed E-state index contributed by atoms with van der Waals surface area (Å²) in [6.45, 7) is 3.81. The minimum atomic E-state index is -0.879. The highest BCUT2D eigenvalue weighted by Gasteiger charge is 2.08. The van der Waals surface area contributed by atoms with Gasteiger partial charge in [0.25, 0.3) is 0 Å². The van der Waals surface area contributed by atoms with Crippen molar-refractivity contribution in [1.82, 2.24) is 0 Å². The summed E-state index contributed by atoms with van der Waals surface area (Å²) >= 11 is 0. The Hall–Kier alpha value is -2.70. The highest BCUT2D eigenvalue weighted by Crippen LogP contribution is 2.03. The third-order valence-corrected chi connectivity index (χ3v) is 3.40. The summed E-state index contributed by atoms with van der Waals surface area (Å²) < 4.78 is 0. The number of rotatable bonds is 5. The molecule has 0 saturated carbocycles. The molecule has 0 saturated heterocycles. The molecule has 2 atom stereocenters. The van der Waals surface area contributed by atoms with Gasteiger partial charge in [-0.15, -0.1) is 0 Å². The number of aliphatic hydroxyl groups excluding tert-OH is 2. The van der Waals surface area contributed by atoms with Crippen LogP contribution >= 0.6 is 0 Å². The third-order valence-electron chi connectivity index (χ3n) is 3.40. The maximum absolute atomic E-state index is 10.2. The normalized spacial score (nSPS) is 11.7. The van der Waals surface area contributed by atoms with E-state index in [2.05, 4.69) is 0 Å². The highest BCUT2D eigenvalue weighted by atomic mass is 16.4. The van der Waals surface area contributed by atoms with Gasteiger partial charge in [-0.05, 0) is 30.7 Å². The van der Waals surface area contributed by atoms with E-state index in [1.807, 2.05) is 13.8 Å². The van der Waals surface area contributed by atoms with Crippen LogP contribution in [-0.4, -0.2) is 45.1 Å². The van der Waals surface area contributed by atoms with Crippen molar-refractivity contribution in [3.8, 4) is 0 Å². The minimum absolute atomic E-state index is 0.0278. The molecule has 142 valence electrons. The van der Waals surface area contributed by atoms with Gasteiger partial charge in [-0.2, -0.15) is 0 Å². The molecule has 2 aromatic rings. The molecule has 0 bridgehead atoms. The Bertz CT molecular complexity index is 570. The predicted molar refractivity (Wildman–Crippen MR) is 99.4 cm³/mol. The summed E-state index contributed by atoms with van der Waals surface area (Å²) in [5.41, 5.74) is 0.662. The molecule has 0 amide bonds. The first kappa shape index (κ1) is 23.3. The fraction of sp³-hybridized carbons (Fsp3) is 0.300. The molecule has 0 aromatic heterocycles. The lowest BCUT2D eigenvalue weighted by molar-refractivity contribution is 0.0686. The number of carbonyl (C=O) groups is 2. The van der Waals surface area contributed by atoms with Crippen LogP contribution in [0.4, 0.5) is 0 Å². The summed E-state index contributed by atoms with van der Waals surface area (Å²) in [5, 5.41) is 34.2. The van der Waals surface area contributed by atoms with Crippen LogP contribution in [0.15, 0.2) is 60.7 Å². The van der Waals surface area contributed by atoms with Crippen LogP contribution in [-0.2, 0) is 0 Å². The zero-order chi connectivity index (χ0) is 19.9. The Balaban J connectivity index is 0.000000362. The molecule has 0 radical (unpaired) electrons. The minimum Gasteiger partial charge on any atom is -0.478 e. The fourth-order valence-corrected chi connectivity index (χ4v) is 1.69. The molecule has 0 aliphatic rings. The van der Waals surface area contributed by atoms with E-state index in [4.69, 9.17) is 20.4 Å². The van der Waals surface area contributed by atoms with E-state index in [-0.39, 0.29) is 18.6 Å². The van der Waals surface area contributed by atoms with Gasteiger partial charge >= 0.3 is 11.9 Å². The van der Waals surface area contributed by atoms with E-state index in [1.165, 1.54) is 0 Å². The monoisotopic (exact) mass is 362 g/mol. The first-order chi connectivity index (χ1) is 12.3. The van der Waals surface area contributed by atoms with E-state index in [9.17, 15) is 9.59 Å². The number of aliphatic hydroxyl groups is 2. The van der Waals surface area contributed by atoms with Crippen molar-refractivity contribution in [1.29, 1.82) is 0 Å². The van der Waals surface area contributed by atoms with Crippen molar-refractivity contribution >= 4 is 11.9 Å². The molecule has 0 spiro atoms. The smallest absolute Gasteiger partial charge is 0.335 e. The quantitative estimate of drug-likeness (QED) is 0.649. The average molecular weight is 362 g/mol. The zero-order valence-corrected chi connectivity index (χ0v) is 14.9. The second kappa shape index (κ2) is 13.6. The van der Waals surface area contributed by atoms with Crippen LogP contribution in [0.1, 0.15) is 41.0 Å². The Morgan fingerprint density at radius 1 is 0.846 bits per heavy atom. The maximum Gasteiger partial charge on any atom is 0.335 e. The molecule has 6 heteroatoms. The molecule has 0 fully saturated rings. The van der Waals surface area contributed by atoms with Crippen LogP contribution in [0.25, 0.3) is 0 Å². The Morgan fingerprint density at radius 2 is 1.19 bits per heavy atom. The van der Waals surface area contributed by atoms with Crippen LogP contribution in [0.2, 0.25) is 0 Å². The van der Waals surface area contributed by atoms with Gasteiger partial charge in [-0.1, -0.05) is 50.2 Å². The van der Waals surface area contributed by atoms with Crippen LogP contribution in [0.5, 0.6) is 0 Å². The summed E-state index contributed by atoms with van der Waals surface area (Å²) in [4.78, 5) is 20.4. The van der Waals surface area contributed by atoms with E-state index in [0.29, 0.717) is 11.1 Å². The largest absolute Gasteiger partial charge is 0.478 e. The first-order valence-corrected chi connectivity index (χ1v) is 8.19. The summed E-state index contributed by atoms with van der Waals surface area (Å²) in [6.07, 6.45) is 0.391. The first-order valence-electron chi connectivity index (χ1n) is 8.19. The van der Waals surface area contributed by atoms with Gasteiger partial charge < -0.3 is 20.4 Å². The van der Waals surface area contributed by atoms with Gasteiger partial charge in [0.05, 0.1) is 17.2 Å². The molecule has 2 rings (SSSR count). The van der Waals surface area contributed by atoms with E-state index < -0.39 is 11.9 Å². The summed E-state index contributed by atoms with van der Waals surface area (Å²) in [5.74, 6) is -1.73. The lowest BCUT2D eigenvalue weighted by Gasteiger charge is -2.12. The van der Waals surface area contributed by atoms with Gasteiger partial charge in [0.1, 0.15) is 0 Å². The zero-order valence-electron chi connectivity index (χ0n) is 14.9. The molecule has 0 aliphatic carbocycles. The van der Waals surface area contributed by atoms with Crippen molar-refractivity contribution in [2.24, 2.45) is 5.92 Å². The predicted octanol–water partition coefficient (Wildman–Crippen LogP) is 3.16. The Labute approximate surface area is 153 Å². The second-order valence-electron chi connectivity index (χ2n) is 5.48. The standard InChI is InChI=1S/2C7H6O2.C6H14O2/c2*8-7(9)6-4-2-1-3-5-6;1-3-6(8)5(2)4-7/h2*1-5H,(H,8,9);5-8H,3-4H2,1-2H3. The SMILES string of the molecule is CCC(O)C(C)CO.O=C(O)c1ccccc1.O=C(O)c1ccccc1. The molecule has 26 heavy (non-hydrogen) atoms. The van der Waals surface area contributed by atoms with Gasteiger partial charge in [-0.25, -0.2) is 9.59 Å². The van der Waals surface area contributed by atoms with Crippen molar-refractivity contribution in [2.45, 2.75) is 26.4 Å². The number of carboxylic acids is 2. The number of carboxylic acid groups (broad SMARTS) is 2. The van der Waals surface area contributed by atoms with Crippen LogP contribution in [0.3, 0.4) is 0 Å². The molecule has 2 aromatic carbocycles. The van der Waals surface area contributed by atoms with Crippen molar-refractivity contribution in [2.75, 3.05) is 6.61 Å². The molecule has 4 N–H and O–H groups in total. The fourth-order valence-electron chi connectivity index (χ4n) is 1.69. The summed E-state index contributed by atoms with van der Waals surface area (Å²) in [7, 11) is 0. The Kier molecular flexibility index (Phi) is 12.2. The van der Waals surface area contributed by atoms with Crippen molar-refractivity contribution in [3.63, 3.8) is 0 Å². The van der Waals surface area contributed by atoms with Crippen molar-refractivity contribution < 1.29 is 30.0 Å². The third kappa shape index (κ3) is 10.2. The molecule has 0 aliphatic heterocycles. The number of hydrogen-bond acceptors (Lipinski definition) is 4. The van der Waals surface area contributed by atoms with Crippen molar-refractivity contribution in [3.05, 3.63) is 71.8 Å². The topological polar surface area (TPSA) is 115 Å². The average Bonchev–Trinajstić information content (AvgIpc) is 2.69. The Morgan fingerprint density at radius 3 is 1.35 bits per heavy atom. The van der Waals surface area contributed by atoms with Gasteiger partial charge in [-0.3, -0.25) is 0 Å². The lowest BCUT2D eigenvalue weighted by atomic mass is 10.0. The highest BCUT2D eigenvalue weighted by molar-refractivity contribution is 5.87. The van der Waals surface area contributed by atoms with Gasteiger partial charge in [0.15, 0.2) is 0 Å². The van der Waals surface area contributed by atoms with Crippen LogP contribution < -0.4 is 0 Å². The van der Waals surface area contributed by atoms with Gasteiger partial charge in [0.2, 0.25) is 0 Å². The number of aromatic carboxylic acids is 2. The molecular formula is C20H26O6. The molecule has 6 nitrogen and oxygen atoms in total. The van der Waals surface area contributed by atoms with E-state index >= 15 is 0 Å². The van der Waals surface area contributed by atoms with E-state index in [0.717, 1.165) is 6.42 Å².